The summed E-state index contributed by atoms with van der Waals surface area (Å²) in [5.41, 5.74) is 2.30. The first-order valence-corrected chi connectivity index (χ1v) is 9.42. The molecule has 0 spiro atoms. The van der Waals surface area contributed by atoms with E-state index < -0.39 is 5.97 Å². The number of nitrogens with zero attached hydrogens (tertiary/aromatic N) is 3. The molecule has 0 fully saturated rings. The number of fused-ring (bicyclic) bond motifs is 1. The standard InChI is InChI=1S/C20H16N4O3S/c1-13(25)24(15-7-3-2-4-8-15)20-21-14(12-28-20)11-27-19(26)18-16-9-5-6-10-17(16)22-23-18/h2-10,12H,11H2,1H3,(H,22,23). The minimum absolute atomic E-state index is 0.00292. The van der Waals surface area contributed by atoms with Crippen LogP contribution in [-0.2, 0) is 16.1 Å². The molecule has 0 aliphatic carbocycles. The third-order valence-corrected chi connectivity index (χ3v) is 4.95. The van der Waals surface area contributed by atoms with Crippen molar-refractivity contribution in [2.45, 2.75) is 13.5 Å². The molecule has 7 nitrogen and oxygen atoms in total. The van der Waals surface area contributed by atoms with Gasteiger partial charge in [-0.15, -0.1) is 11.3 Å². The molecule has 28 heavy (non-hydrogen) atoms. The first-order valence-electron chi connectivity index (χ1n) is 8.54. The molecule has 1 N–H and O–H groups in total. The fourth-order valence-corrected chi connectivity index (χ4v) is 3.67. The predicted octanol–water partition coefficient (Wildman–Crippen LogP) is 4.06. The maximum Gasteiger partial charge on any atom is 0.359 e. The Hall–Kier alpha value is -3.52. The highest BCUT2D eigenvalue weighted by atomic mass is 32.1. The van der Waals surface area contributed by atoms with E-state index in [1.54, 1.807) is 11.4 Å². The number of aromatic nitrogens is 3. The second kappa shape index (κ2) is 7.61. The molecule has 0 radical (unpaired) electrons. The molecule has 4 rings (SSSR count). The van der Waals surface area contributed by atoms with Crippen LogP contribution in [0.1, 0.15) is 23.1 Å². The smallest absolute Gasteiger partial charge is 0.359 e. The first kappa shape index (κ1) is 17.9. The van der Waals surface area contributed by atoms with Crippen molar-refractivity contribution in [3.63, 3.8) is 0 Å². The number of thiazole rings is 1. The van der Waals surface area contributed by atoms with E-state index in [1.807, 2.05) is 48.5 Å². The number of hydrogen-bond donors (Lipinski definition) is 1. The highest BCUT2D eigenvalue weighted by Gasteiger charge is 2.19. The first-order chi connectivity index (χ1) is 13.6. The zero-order valence-corrected chi connectivity index (χ0v) is 15.8. The number of anilines is 2. The molecule has 2 aromatic carbocycles. The van der Waals surface area contributed by atoms with Crippen molar-refractivity contribution in [1.29, 1.82) is 0 Å². The molecule has 0 aliphatic rings. The van der Waals surface area contributed by atoms with Gasteiger partial charge in [0.2, 0.25) is 5.91 Å². The Bertz CT molecular complexity index is 1140. The van der Waals surface area contributed by atoms with E-state index in [0.29, 0.717) is 16.2 Å². The topological polar surface area (TPSA) is 88.2 Å². The van der Waals surface area contributed by atoms with Gasteiger partial charge in [0.1, 0.15) is 6.61 Å². The van der Waals surface area contributed by atoms with E-state index in [-0.39, 0.29) is 18.2 Å². The minimum Gasteiger partial charge on any atom is -0.454 e. The molecule has 2 aromatic heterocycles. The number of carbonyl (C=O) groups excluding carboxylic acids is 2. The zero-order chi connectivity index (χ0) is 19.5. The number of hydrogen-bond acceptors (Lipinski definition) is 6. The van der Waals surface area contributed by atoms with Crippen LogP contribution in [0.25, 0.3) is 10.9 Å². The van der Waals surface area contributed by atoms with Gasteiger partial charge in [0, 0.05) is 17.7 Å². The van der Waals surface area contributed by atoms with Crippen LogP contribution in [0.2, 0.25) is 0 Å². The molecule has 0 aliphatic heterocycles. The van der Waals surface area contributed by atoms with Crippen molar-refractivity contribution >= 4 is 44.9 Å². The van der Waals surface area contributed by atoms with Crippen molar-refractivity contribution < 1.29 is 14.3 Å². The highest BCUT2D eigenvalue weighted by Crippen LogP contribution is 2.29. The number of benzene rings is 2. The summed E-state index contributed by atoms with van der Waals surface area (Å²) in [6, 6.07) is 16.6. The summed E-state index contributed by atoms with van der Waals surface area (Å²) < 4.78 is 5.36. The van der Waals surface area contributed by atoms with Gasteiger partial charge in [-0.2, -0.15) is 5.10 Å². The molecule has 0 atom stereocenters. The van der Waals surface area contributed by atoms with Gasteiger partial charge in [-0.25, -0.2) is 9.78 Å². The van der Waals surface area contributed by atoms with Crippen molar-refractivity contribution in [2.24, 2.45) is 0 Å². The Labute approximate surface area is 164 Å². The monoisotopic (exact) mass is 392 g/mol. The lowest BCUT2D eigenvalue weighted by Crippen LogP contribution is -2.22. The molecule has 0 unspecified atom stereocenters. The Morgan fingerprint density at radius 3 is 2.64 bits per heavy atom. The summed E-state index contributed by atoms with van der Waals surface area (Å²) in [6.45, 7) is 1.48. The normalized spacial score (nSPS) is 10.8. The van der Waals surface area contributed by atoms with Gasteiger partial charge < -0.3 is 4.74 Å². The van der Waals surface area contributed by atoms with Gasteiger partial charge in [0.15, 0.2) is 10.8 Å². The van der Waals surface area contributed by atoms with E-state index in [0.717, 1.165) is 11.2 Å². The summed E-state index contributed by atoms with van der Waals surface area (Å²) >= 11 is 1.31. The van der Waals surface area contributed by atoms with Crippen LogP contribution in [0.5, 0.6) is 0 Å². The number of aromatic amines is 1. The third kappa shape index (κ3) is 3.49. The number of esters is 1. The van der Waals surface area contributed by atoms with Crippen LogP contribution in [0, 0.1) is 0 Å². The van der Waals surface area contributed by atoms with E-state index in [9.17, 15) is 9.59 Å². The summed E-state index contributed by atoms with van der Waals surface area (Å²) in [5.74, 6) is -0.675. The Morgan fingerprint density at radius 1 is 1.11 bits per heavy atom. The van der Waals surface area contributed by atoms with Gasteiger partial charge in [-0.1, -0.05) is 36.4 Å². The van der Waals surface area contributed by atoms with E-state index in [1.165, 1.54) is 23.2 Å². The molecule has 4 aromatic rings. The van der Waals surface area contributed by atoms with Gasteiger partial charge >= 0.3 is 5.97 Å². The van der Waals surface area contributed by atoms with Crippen molar-refractivity contribution in [2.75, 3.05) is 4.90 Å². The molecule has 2 heterocycles. The SMILES string of the molecule is CC(=O)N(c1ccccc1)c1nc(COC(=O)c2n[nH]c3ccccc23)cs1. The zero-order valence-electron chi connectivity index (χ0n) is 15.0. The van der Waals surface area contributed by atoms with Crippen LogP contribution >= 0.6 is 11.3 Å². The third-order valence-electron chi connectivity index (χ3n) is 4.08. The molecule has 1 amide bonds. The Kier molecular flexibility index (Phi) is 4.86. The van der Waals surface area contributed by atoms with Crippen LogP contribution in [0.4, 0.5) is 10.8 Å². The number of amides is 1. The van der Waals surface area contributed by atoms with Gasteiger partial charge in [0.25, 0.3) is 0 Å². The molecule has 0 saturated heterocycles. The largest absolute Gasteiger partial charge is 0.454 e. The van der Waals surface area contributed by atoms with Crippen LogP contribution in [0.15, 0.2) is 60.0 Å². The van der Waals surface area contributed by atoms with Crippen molar-refractivity contribution in [3.05, 3.63) is 71.4 Å². The van der Waals surface area contributed by atoms with Gasteiger partial charge in [-0.05, 0) is 18.2 Å². The van der Waals surface area contributed by atoms with Crippen LogP contribution in [-0.4, -0.2) is 27.1 Å². The summed E-state index contributed by atoms with van der Waals surface area (Å²) in [5, 5.41) is 9.84. The van der Waals surface area contributed by atoms with Gasteiger partial charge in [-0.3, -0.25) is 14.8 Å². The van der Waals surface area contributed by atoms with E-state index in [2.05, 4.69) is 15.2 Å². The summed E-state index contributed by atoms with van der Waals surface area (Å²) in [4.78, 5) is 30.4. The lowest BCUT2D eigenvalue weighted by Gasteiger charge is -2.17. The minimum atomic E-state index is -0.529. The second-order valence-corrected chi connectivity index (χ2v) is 6.84. The number of para-hydroxylation sites is 2. The number of ether oxygens (including phenoxy) is 1. The Morgan fingerprint density at radius 2 is 1.86 bits per heavy atom. The summed E-state index contributed by atoms with van der Waals surface area (Å²) in [6.07, 6.45) is 0. The molecule has 140 valence electrons. The van der Waals surface area contributed by atoms with Crippen molar-refractivity contribution in [3.8, 4) is 0 Å². The quantitative estimate of drug-likeness (QED) is 0.518. The van der Waals surface area contributed by atoms with Crippen molar-refractivity contribution in [1.82, 2.24) is 15.2 Å². The predicted molar refractivity (Wildman–Crippen MR) is 107 cm³/mol. The lowest BCUT2D eigenvalue weighted by atomic mass is 10.2. The fraction of sp³-hybridized carbons (Fsp3) is 0.100. The number of H-pyrrole nitrogens is 1. The highest BCUT2D eigenvalue weighted by molar-refractivity contribution is 7.14. The lowest BCUT2D eigenvalue weighted by molar-refractivity contribution is -0.115. The maximum atomic E-state index is 12.4. The molecular weight excluding hydrogens is 376 g/mol. The second-order valence-electron chi connectivity index (χ2n) is 6.01. The van der Waals surface area contributed by atoms with Crippen LogP contribution < -0.4 is 4.90 Å². The molecule has 8 heteroatoms. The number of carbonyl (C=O) groups is 2. The molecular formula is C20H16N4O3S. The average Bonchev–Trinajstić information content (AvgIpc) is 3.34. The van der Waals surface area contributed by atoms with Gasteiger partial charge in [0.05, 0.1) is 16.9 Å². The fourth-order valence-electron chi connectivity index (χ4n) is 2.80. The van der Waals surface area contributed by atoms with E-state index in [4.69, 9.17) is 4.74 Å². The average molecular weight is 392 g/mol. The Balaban J connectivity index is 1.49. The van der Waals surface area contributed by atoms with Crippen LogP contribution in [0.3, 0.4) is 0 Å². The van der Waals surface area contributed by atoms with E-state index >= 15 is 0 Å². The summed E-state index contributed by atoms with van der Waals surface area (Å²) in [7, 11) is 0. The maximum absolute atomic E-state index is 12.4. The molecule has 0 saturated carbocycles. The molecule has 0 bridgehead atoms. The number of nitrogens with one attached hydrogen (secondary N) is 1. The number of rotatable bonds is 5.